The first-order valence-corrected chi connectivity index (χ1v) is 7.17. The summed E-state index contributed by atoms with van der Waals surface area (Å²) in [6.45, 7) is 2.83. The Bertz CT molecular complexity index is 502. The SMILES string of the molecule is CCCOC1CCC(c2ccc(C#N)c(F)c2F)CC1. The molecule has 1 fully saturated rings. The third-order valence-corrected chi connectivity index (χ3v) is 3.90. The molecule has 0 spiro atoms. The van der Waals surface area contributed by atoms with Crippen LogP contribution in [-0.4, -0.2) is 12.7 Å². The molecular weight excluding hydrogens is 260 g/mol. The molecule has 0 aliphatic heterocycles. The second-order valence-corrected chi connectivity index (χ2v) is 5.29. The third-order valence-electron chi connectivity index (χ3n) is 3.90. The molecule has 0 bridgehead atoms. The van der Waals surface area contributed by atoms with Crippen LogP contribution in [0.3, 0.4) is 0 Å². The highest BCUT2D eigenvalue weighted by Gasteiger charge is 2.26. The fourth-order valence-corrected chi connectivity index (χ4v) is 2.79. The summed E-state index contributed by atoms with van der Waals surface area (Å²) in [6, 6.07) is 4.58. The first-order valence-electron chi connectivity index (χ1n) is 7.17. The molecule has 2 rings (SSSR count). The van der Waals surface area contributed by atoms with Gasteiger partial charge in [0.25, 0.3) is 0 Å². The van der Waals surface area contributed by atoms with Gasteiger partial charge in [0, 0.05) is 6.61 Å². The Labute approximate surface area is 118 Å². The molecule has 20 heavy (non-hydrogen) atoms. The molecule has 1 aliphatic carbocycles. The van der Waals surface area contributed by atoms with E-state index in [0.717, 1.165) is 38.7 Å². The second kappa shape index (κ2) is 6.81. The molecule has 0 radical (unpaired) electrons. The molecule has 0 heterocycles. The van der Waals surface area contributed by atoms with E-state index in [2.05, 4.69) is 6.92 Å². The normalized spacial score (nSPS) is 22.5. The van der Waals surface area contributed by atoms with Crippen molar-refractivity contribution in [1.82, 2.24) is 0 Å². The lowest BCUT2D eigenvalue weighted by atomic mass is 9.82. The van der Waals surface area contributed by atoms with Crippen molar-refractivity contribution in [1.29, 1.82) is 5.26 Å². The second-order valence-electron chi connectivity index (χ2n) is 5.29. The van der Waals surface area contributed by atoms with Crippen LogP contribution in [0.25, 0.3) is 0 Å². The molecule has 0 unspecified atom stereocenters. The maximum absolute atomic E-state index is 14.0. The summed E-state index contributed by atoms with van der Waals surface area (Å²) in [5.41, 5.74) is 0.168. The summed E-state index contributed by atoms with van der Waals surface area (Å²) in [5, 5.41) is 8.69. The van der Waals surface area contributed by atoms with Gasteiger partial charge in [-0.25, -0.2) is 8.78 Å². The van der Waals surface area contributed by atoms with Gasteiger partial charge in [-0.1, -0.05) is 13.0 Å². The monoisotopic (exact) mass is 279 g/mol. The fourth-order valence-electron chi connectivity index (χ4n) is 2.79. The molecule has 0 N–H and O–H groups in total. The molecule has 4 heteroatoms. The van der Waals surface area contributed by atoms with Crippen molar-refractivity contribution in [2.45, 2.75) is 51.0 Å². The standard InChI is InChI=1S/C16H19F2NO/c1-2-9-20-13-6-3-11(4-7-13)14-8-5-12(10-19)15(17)16(14)18/h5,8,11,13H,2-4,6-7,9H2,1H3. The summed E-state index contributed by atoms with van der Waals surface area (Å²) in [6.07, 6.45) is 4.61. The molecule has 1 aromatic carbocycles. The number of benzene rings is 1. The topological polar surface area (TPSA) is 33.0 Å². The first-order chi connectivity index (χ1) is 9.67. The Morgan fingerprint density at radius 1 is 1.20 bits per heavy atom. The average molecular weight is 279 g/mol. The van der Waals surface area contributed by atoms with Crippen molar-refractivity contribution >= 4 is 0 Å². The van der Waals surface area contributed by atoms with Gasteiger partial charge >= 0.3 is 0 Å². The number of hydrogen-bond donors (Lipinski definition) is 0. The Morgan fingerprint density at radius 2 is 1.90 bits per heavy atom. The Morgan fingerprint density at radius 3 is 2.50 bits per heavy atom. The summed E-state index contributed by atoms with van der Waals surface area (Å²) < 4.78 is 33.3. The minimum atomic E-state index is -1.02. The Kier molecular flexibility index (Phi) is 5.08. The highest BCUT2D eigenvalue weighted by Crippen LogP contribution is 2.36. The minimum absolute atomic E-state index is 0.0266. The van der Waals surface area contributed by atoms with Gasteiger partial charge in [-0.05, 0) is 49.7 Å². The van der Waals surface area contributed by atoms with E-state index in [-0.39, 0.29) is 17.6 Å². The number of nitrogens with zero attached hydrogens (tertiary/aromatic N) is 1. The van der Waals surface area contributed by atoms with Crippen LogP contribution in [0.1, 0.15) is 56.1 Å². The van der Waals surface area contributed by atoms with Crippen LogP contribution in [0.2, 0.25) is 0 Å². The lowest BCUT2D eigenvalue weighted by Gasteiger charge is -2.29. The zero-order chi connectivity index (χ0) is 14.5. The number of ether oxygens (including phenoxy) is 1. The number of rotatable bonds is 4. The molecule has 1 saturated carbocycles. The quantitative estimate of drug-likeness (QED) is 0.823. The van der Waals surface area contributed by atoms with Gasteiger partial charge in [-0.15, -0.1) is 0 Å². The van der Waals surface area contributed by atoms with E-state index in [9.17, 15) is 8.78 Å². The lowest BCUT2D eigenvalue weighted by molar-refractivity contribution is 0.0248. The average Bonchev–Trinajstić information content (AvgIpc) is 2.48. The van der Waals surface area contributed by atoms with E-state index < -0.39 is 11.6 Å². The van der Waals surface area contributed by atoms with Gasteiger partial charge in [-0.2, -0.15) is 5.26 Å². The van der Waals surface area contributed by atoms with Gasteiger partial charge in [0.2, 0.25) is 0 Å². The minimum Gasteiger partial charge on any atom is -0.378 e. The van der Waals surface area contributed by atoms with Crippen LogP contribution in [-0.2, 0) is 4.74 Å². The molecule has 2 nitrogen and oxygen atoms in total. The largest absolute Gasteiger partial charge is 0.378 e. The number of halogens is 2. The van der Waals surface area contributed by atoms with Crippen LogP contribution >= 0.6 is 0 Å². The van der Waals surface area contributed by atoms with Crippen molar-refractivity contribution in [3.63, 3.8) is 0 Å². The molecule has 1 aromatic rings. The van der Waals surface area contributed by atoms with Crippen molar-refractivity contribution in [3.05, 3.63) is 34.9 Å². The molecule has 108 valence electrons. The molecule has 1 aliphatic rings. The van der Waals surface area contributed by atoms with E-state index in [1.54, 1.807) is 12.1 Å². The van der Waals surface area contributed by atoms with Gasteiger partial charge in [0.05, 0.1) is 11.7 Å². The highest BCUT2D eigenvalue weighted by molar-refractivity contribution is 5.36. The summed E-state index contributed by atoms with van der Waals surface area (Å²) >= 11 is 0. The van der Waals surface area contributed by atoms with Gasteiger partial charge < -0.3 is 4.74 Å². The molecule has 0 atom stereocenters. The lowest BCUT2D eigenvalue weighted by Crippen LogP contribution is -2.21. The smallest absolute Gasteiger partial charge is 0.176 e. The van der Waals surface area contributed by atoms with E-state index in [4.69, 9.17) is 10.00 Å². The van der Waals surface area contributed by atoms with Crippen molar-refractivity contribution in [3.8, 4) is 6.07 Å². The molecule has 0 aromatic heterocycles. The van der Waals surface area contributed by atoms with Gasteiger partial charge in [0.1, 0.15) is 6.07 Å². The Hall–Kier alpha value is -1.47. The van der Waals surface area contributed by atoms with E-state index in [0.29, 0.717) is 5.56 Å². The van der Waals surface area contributed by atoms with E-state index in [1.165, 1.54) is 6.07 Å². The van der Waals surface area contributed by atoms with Crippen LogP contribution in [0.5, 0.6) is 0 Å². The van der Waals surface area contributed by atoms with Crippen LogP contribution in [0, 0.1) is 23.0 Å². The van der Waals surface area contributed by atoms with Crippen LogP contribution < -0.4 is 0 Å². The summed E-state index contributed by atoms with van der Waals surface area (Å²) in [7, 11) is 0. The summed E-state index contributed by atoms with van der Waals surface area (Å²) in [4.78, 5) is 0. The fraction of sp³-hybridized carbons (Fsp3) is 0.562. The Balaban J connectivity index is 2.04. The first kappa shape index (κ1) is 14.9. The van der Waals surface area contributed by atoms with E-state index in [1.807, 2.05) is 0 Å². The van der Waals surface area contributed by atoms with Crippen molar-refractivity contribution in [2.24, 2.45) is 0 Å². The molecular formula is C16H19F2NO. The zero-order valence-electron chi connectivity index (χ0n) is 11.7. The van der Waals surface area contributed by atoms with Crippen LogP contribution in [0.15, 0.2) is 12.1 Å². The number of hydrogen-bond acceptors (Lipinski definition) is 2. The molecule has 0 amide bonds. The molecule has 0 saturated heterocycles. The van der Waals surface area contributed by atoms with Crippen molar-refractivity contribution in [2.75, 3.05) is 6.61 Å². The highest BCUT2D eigenvalue weighted by atomic mass is 19.2. The van der Waals surface area contributed by atoms with Gasteiger partial charge in [0.15, 0.2) is 11.6 Å². The third kappa shape index (κ3) is 3.16. The maximum Gasteiger partial charge on any atom is 0.176 e. The predicted octanol–water partition coefficient (Wildman–Crippen LogP) is 4.29. The number of nitriles is 1. The maximum atomic E-state index is 14.0. The van der Waals surface area contributed by atoms with E-state index >= 15 is 0 Å². The summed E-state index contributed by atoms with van der Waals surface area (Å²) in [5.74, 6) is -1.85. The van der Waals surface area contributed by atoms with Gasteiger partial charge in [-0.3, -0.25) is 0 Å². The van der Waals surface area contributed by atoms with Crippen molar-refractivity contribution < 1.29 is 13.5 Å². The predicted molar refractivity (Wildman–Crippen MR) is 72.3 cm³/mol. The zero-order valence-corrected chi connectivity index (χ0v) is 11.7. The van der Waals surface area contributed by atoms with Crippen LogP contribution in [0.4, 0.5) is 8.78 Å².